The van der Waals surface area contributed by atoms with E-state index in [1.807, 2.05) is 0 Å². The smallest absolute Gasteiger partial charge is 0.336 e. The lowest BCUT2D eigenvalue weighted by molar-refractivity contribution is -0.213. The van der Waals surface area contributed by atoms with Crippen LogP contribution in [-0.2, 0) is 9.53 Å². The largest absolute Gasteiger partial charge is 0.432 e. The molecule has 0 radical (unpaired) electrons. The van der Waals surface area contributed by atoms with Crippen LogP contribution in [0.3, 0.4) is 0 Å². The number of ether oxygens (including phenoxy) is 1. The molecule has 1 heterocycles. The number of hydrogen-bond donors (Lipinski definition) is 1. The number of aliphatic hydroxyl groups is 1. The summed E-state index contributed by atoms with van der Waals surface area (Å²) in [7, 11) is 0. The summed E-state index contributed by atoms with van der Waals surface area (Å²) in [6.45, 7) is 12.5. The molecular formula is C25H38O3. The normalized spacial score (nSPS) is 54.6. The SMILES string of the molecule is CC1(C)CCCC2(C)C1CCC1(C)C3CC=C4C(=O)OC(O)C4C3(C)CCC21. The van der Waals surface area contributed by atoms with Crippen LogP contribution in [0.25, 0.3) is 0 Å². The van der Waals surface area contributed by atoms with E-state index >= 15 is 0 Å². The Morgan fingerprint density at radius 3 is 2.29 bits per heavy atom. The van der Waals surface area contributed by atoms with Gasteiger partial charge < -0.3 is 9.84 Å². The second kappa shape index (κ2) is 5.65. The number of allylic oxidation sites excluding steroid dienone is 1. The van der Waals surface area contributed by atoms with Crippen LogP contribution in [0.15, 0.2) is 11.6 Å². The molecule has 3 nitrogen and oxygen atoms in total. The first-order valence-electron chi connectivity index (χ1n) is 11.6. The lowest BCUT2D eigenvalue weighted by Crippen LogP contribution is -2.62. The predicted molar refractivity (Wildman–Crippen MR) is 109 cm³/mol. The molecule has 0 spiro atoms. The molecule has 8 atom stereocenters. The molecule has 0 amide bonds. The summed E-state index contributed by atoms with van der Waals surface area (Å²) in [6, 6.07) is 0. The molecule has 1 saturated heterocycles. The summed E-state index contributed by atoms with van der Waals surface area (Å²) in [5, 5.41) is 10.6. The molecule has 0 bridgehead atoms. The fraction of sp³-hybridized carbons (Fsp3) is 0.880. The highest BCUT2D eigenvalue weighted by Crippen LogP contribution is 2.73. The number of aliphatic hydroxyl groups excluding tert-OH is 1. The molecule has 5 aliphatic rings. The monoisotopic (exact) mass is 386 g/mol. The van der Waals surface area contributed by atoms with E-state index in [1.165, 1.54) is 38.5 Å². The second-order valence-corrected chi connectivity index (χ2v) is 12.3. The van der Waals surface area contributed by atoms with E-state index in [4.69, 9.17) is 4.74 Å². The van der Waals surface area contributed by atoms with Gasteiger partial charge in [0.1, 0.15) is 0 Å². The molecule has 156 valence electrons. The standard InChI is InChI=1S/C25H38O3/c1-22(2)11-6-12-23(3)16(22)9-13-24(4)17-8-7-15-19(21(27)28-20(15)26)25(17,5)14-10-18(23)24/h7,16-19,21,27H,6,8-14H2,1-5H3. The lowest BCUT2D eigenvalue weighted by atomic mass is 9.35. The number of hydrogen-bond acceptors (Lipinski definition) is 3. The van der Waals surface area contributed by atoms with Gasteiger partial charge in [-0.3, -0.25) is 0 Å². The van der Waals surface area contributed by atoms with Gasteiger partial charge in [-0.25, -0.2) is 4.79 Å². The van der Waals surface area contributed by atoms with Crippen molar-refractivity contribution in [3.8, 4) is 0 Å². The molecule has 0 aromatic heterocycles. The Morgan fingerprint density at radius 1 is 0.893 bits per heavy atom. The minimum Gasteiger partial charge on any atom is -0.432 e. The van der Waals surface area contributed by atoms with Crippen LogP contribution in [0.5, 0.6) is 0 Å². The fourth-order valence-electron chi connectivity index (χ4n) is 9.72. The second-order valence-electron chi connectivity index (χ2n) is 12.3. The van der Waals surface area contributed by atoms with Gasteiger partial charge in [-0.2, -0.15) is 0 Å². The predicted octanol–water partition coefficient (Wildman–Crippen LogP) is 5.47. The third-order valence-electron chi connectivity index (χ3n) is 10.8. The van der Waals surface area contributed by atoms with Crippen LogP contribution in [0.1, 0.15) is 86.0 Å². The number of carbonyl (C=O) groups excluding carboxylic acids is 1. The van der Waals surface area contributed by atoms with Crippen molar-refractivity contribution in [2.75, 3.05) is 0 Å². The van der Waals surface area contributed by atoms with E-state index in [1.54, 1.807) is 0 Å². The van der Waals surface area contributed by atoms with Gasteiger partial charge in [-0.1, -0.05) is 47.1 Å². The summed E-state index contributed by atoms with van der Waals surface area (Å²) in [6.07, 6.45) is 11.2. The Morgan fingerprint density at radius 2 is 1.54 bits per heavy atom. The fourth-order valence-corrected chi connectivity index (χ4v) is 9.72. The van der Waals surface area contributed by atoms with Crippen LogP contribution >= 0.6 is 0 Å². The summed E-state index contributed by atoms with van der Waals surface area (Å²) < 4.78 is 5.27. The highest BCUT2D eigenvalue weighted by Gasteiger charge is 2.67. The average Bonchev–Trinajstić information content (AvgIpc) is 2.88. The molecule has 5 rings (SSSR count). The maximum absolute atomic E-state index is 12.3. The zero-order valence-corrected chi connectivity index (χ0v) is 18.4. The van der Waals surface area contributed by atoms with Crippen LogP contribution < -0.4 is 0 Å². The van der Waals surface area contributed by atoms with E-state index < -0.39 is 6.29 Å². The van der Waals surface area contributed by atoms with Crippen molar-refractivity contribution in [3.05, 3.63) is 11.6 Å². The maximum Gasteiger partial charge on any atom is 0.336 e. The van der Waals surface area contributed by atoms with Crippen LogP contribution in [0.2, 0.25) is 0 Å². The molecular weight excluding hydrogens is 348 g/mol. The number of cyclic esters (lactones) is 1. The highest BCUT2D eigenvalue weighted by atomic mass is 16.6. The summed E-state index contributed by atoms with van der Waals surface area (Å²) in [4.78, 5) is 12.3. The highest BCUT2D eigenvalue weighted by molar-refractivity contribution is 5.91. The van der Waals surface area contributed by atoms with Crippen molar-refractivity contribution in [1.29, 1.82) is 0 Å². The van der Waals surface area contributed by atoms with Gasteiger partial charge in [0.15, 0.2) is 0 Å². The minimum atomic E-state index is -0.952. The van der Waals surface area contributed by atoms with Gasteiger partial charge in [0.2, 0.25) is 6.29 Å². The topological polar surface area (TPSA) is 46.5 Å². The van der Waals surface area contributed by atoms with Gasteiger partial charge in [0.05, 0.1) is 5.92 Å². The first-order valence-corrected chi connectivity index (χ1v) is 11.6. The van der Waals surface area contributed by atoms with E-state index in [0.717, 1.165) is 30.3 Å². The van der Waals surface area contributed by atoms with Gasteiger partial charge in [0, 0.05) is 5.57 Å². The maximum atomic E-state index is 12.3. The first-order chi connectivity index (χ1) is 13.0. The minimum absolute atomic E-state index is 0.0334. The van der Waals surface area contributed by atoms with E-state index in [2.05, 4.69) is 40.7 Å². The number of rotatable bonds is 0. The van der Waals surface area contributed by atoms with Gasteiger partial charge >= 0.3 is 5.97 Å². The van der Waals surface area contributed by atoms with Crippen LogP contribution in [0.4, 0.5) is 0 Å². The zero-order valence-electron chi connectivity index (χ0n) is 18.4. The Kier molecular flexibility index (Phi) is 3.86. The molecule has 4 aliphatic carbocycles. The zero-order chi connectivity index (χ0) is 20.1. The molecule has 1 N–H and O–H groups in total. The molecule has 0 aromatic carbocycles. The third-order valence-corrected chi connectivity index (χ3v) is 10.8. The first kappa shape index (κ1) is 19.2. The Labute approximate surface area is 170 Å². The number of fused-ring (bicyclic) bond motifs is 7. The molecule has 3 saturated carbocycles. The van der Waals surface area contributed by atoms with E-state index in [9.17, 15) is 9.90 Å². The quantitative estimate of drug-likeness (QED) is 0.561. The Balaban J connectivity index is 1.56. The van der Waals surface area contributed by atoms with Crippen LogP contribution in [-0.4, -0.2) is 17.4 Å². The number of carbonyl (C=O) groups is 1. The summed E-state index contributed by atoms with van der Waals surface area (Å²) in [5.41, 5.74) is 1.90. The van der Waals surface area contributed by atoms with Gasteiger partial charge in [-0.05, 0) is 84.4 Å². The van der Waals surface area contributed by atoms with Gasteiger partial charge in [0.25, 0.3) is 0 Å². The Bertz CT molecular complexity index is 738. The van der Waals surface area contributed by atoms with Gasteiger partial charge in [-0.15, -0.1) is 0 Å². The van der Waals surface area contributed by atoms with Crippen molar-refractivity contribution >= 4 is 5.97 Å². The summed E-state index contributed by atoms with van der Waals surface area (Å²) >= 11 is 0. The number of esters is 1. The molecule has 1 aliphatic heterocycles. The molecule has 4 fully saturated rings. The van der Waals surface area contributed by atoms with E-state index in [0.29, 0.717) is 22.2 Å². The van der Waals surface area contributed by atoms with Crippen molar-refractivity contribution in [2.45, 2.75) is 92.3 Å². The van der Waals surface area contributed by atoms with Crippen molar-refractivity contribution in [1.82, 2.24) is 0 Å². The van der Waals surface area contributed by atoms with E-state index in [-0.39, 0.29) is 17.3 Å². The molecule has 8 unspecified atom stereocenters. The van der Waals surface area contributed by atoms with Crippen LogP contribution in [0, 0.1) is 45.3 Å². The third kappa shape index (κ3) is 2.18. The molecule has 0 aromatic rings. The summed E-state index contributed by atoms with van der Waals surface area (Å²) in [5.74, 6) is 1.69. The molecule has 28 heavy (non-hydrogen) atoms. The van der Waals surface area contributed by atoms with Crippen molar-refractivity contribution in [2.24, 2.45) is 45.3 Å². The molecule has 3 heteroatoms. The van der Waals surface area contributed by atoms with Crippen molar-refractivity contribution < 1.29 is 14.6 Å². The lowest BCUT2D eigenvalue weighted by Gasteiger charge is -2.69. The Hall–Kier alpha value is -0.830. The van der Waals surface area contributed by atoms with Crippen molar-refractivity contribution in [3.63, 3.8) is 0 Å². The average molecular weight is 387 g/mol.